The number of carboxylic acid groups (broad SMARTS) is 1. The van der Waals surface area contributed by atoms with Crippen LogP contribution in [0.25, 0.3) is 11.4 Å². The van der Waals surface area contributed by atoms with E-state index in [1.54, 1.807) is 46.4 Å². The van der Waals surface area contributed by atoms with E-state index in [9.17, 15) is 14.7 Å². The van der Waals surface area contributed by atoms with E-state index in [-0.39, 0.29) is 5.96 Å². The highest BCUT2D eigenvalue weighted by Crippen LogP contribution is 2.36. The Bertz CT molecular complexity index is 1160. The van der Waals surface area contributed by atoms with Crippen LogP contribution >= 0.6 is 0 Å². The van der Waals surface area contributed by atoms with Crippen molar-refractivity contribution in [2.75, 3.05) is 6.54 Å². The van der Waals surface area contributed by atoms with Gasteiger partial charge in [0.1, 0.15) is 11.6 Å². The van der Waals surface area contributed by atoms with Crippen LogP contribution in [0.3, 0.4) is 0 Å². The molecule has 1 atom stereocenters. The molecule has 1 aliphatic heterocycles. The summed E-state index contributed by atoms with van der Waals surface area (Å²) in [4.78, 5) is 36.4. The molecule has 10 nitrogen and oxygen atoms in total. The first-order chi connectivity index (χ1) is 18.8. The third kappa shape index (κ3) is 8.53. The Labute approximate surface area is 237 Å². The zero-order valence-electron chi connectivity index (χ0n) is 25.1. The number of unbranched alkanes of at least 4 members (excludes halogenated alkanes) is 5. The third-order valence-electron chi connectivity index (χ3n) is 6.68. The molecule has 0 bridgehead atoms. The van der Waals surface area contributed by atoms with Crippen LogP contribution in [0.5, 0.6) is 0 Å². The number of ether oxygens (including phenoxy) is 1. The van der Waals surface area contributed by atoms with E-state index in [4.69, 9.17) is 9.26 Å². The second-order valence-corrected chi connectivity index (χ2v) is 12.3. The molecule has 0 spiro atoms. The molecule has 1 fully saturated rings. The molecule has 1 aromatic heterocycles. The van der Waals surface area contributed by atoms with Gasteiger partial charge < -0.3 is 19.3 Å². The SMILES string of the molecule is CCCCCCCCc1ccc(-c2noc(C3CCN3C(=NC(=O)OC(C)(C)C)N(C(=O)O)C(C)(C)C)n2)cc1. The minimum absolute atomic E-state index is 0.0238. The standard InChI is InChI=1S/C30H45N5O5/c1-8-9-10-11-12-13-14-21-15-17-22(18-16-21)24-31-25(40-33-24)23-19-20-34(23)26(32-27(36)39-30(5,6)7)35(28(37)38)29(2,3)4/h15-18,23H,8-14,19-20H2,1-7H3,(H,37,38). The molecule has 0 saturated carbocycles. The lowest BCUT2D eigenvalue weighted by atomic mass is 10.0. The molecule has 2 aromatic rings. The fourth-order valence-electron chi connectivity index (χ4n) is 4.58. The Balaban J connectivity index is 1.75. The molecule has 40 heavy (non-hydrogen) atoms. The number of guanidine groups is 1. The van der Waals surface area contributed by atoms with Crippen molar-refractivity contribution in [1.29, 1.82) is 0 Å². The molecule has 0 radical (unpaired) electrons. The zero-order chi connectivity index (χ0) is 29.5. The second-order valence-electron chi connectivity index (χ2n) is 12.3. The summed E-state index contributed by atoms with van der Waals surface area (Å²) in [6, 6.07) is 7.79. The van der Waals surface area contributed by atoms with Gasteiger partial charge in [0.25, 0.3) is 0 Å². The molecule has 1 saturated heterocycles. The van der Waals surface area contributed by atoms with Crippen molar-refractivity contribution < 1.29 is 24.0 Å². The maximum Gasteiger partial charge on any atom is 0.437 e. The summed E-state index contributed by atoms with van der Waals surface area (Å²) in [5, 5.41) is 14.2. The number of carbonyl (C=O) groups is 2. The molecule has 1 aromatic carbocycles. The number of hydrogen-bond acceptors (Lipinski definition) is 6. The molecule has 10 heteroatoms. The molecular weight excluding hydrogens is 510 g/mol. The monoisotopic (exact) mass is 555 g/mol. The lowest BCUT2D eigenvalue weighted by molar-refractivity contribution is 0.0578. The Morgan fingerprint density at radius 3 is 2.27 bits per heavy atom. The molecule has 2 amide bonds. The average Bonchev–Trinajstić information content (AvgIpc) is 3.27. The van der Waals surface area contributed by atoms with Gasteiger partial charge in [-0.1, -0.05) is 68.4 Å². The minimum atomic E-state index is -1.23. The highest BCUT2D eigenvalue weighted by atomic mass is 16.6. The van der Waals surface area contributed by atoms with E-state index in [0.29, 0.717) is 24.7 Å². The van der Waals surface area contributed by atoms with E-state index in [1.165, 1.54) is 44.1 Å². The van der Waals surface area contributed by atoms with Gasteiger partial charge in [-0.05, 0) is 66.4 Å². The summed E-state index contributed by atoms with van der Waals surface area (Å²) in [6.07, 6.45) is 7.21. The van der Waals surface area contributed by atoms with Crippen molar-refractivity contribution in [2.24, 2.45) is 4.99 Å². The average molecular weight is 556 g/mol. The first kappa shape index (κ1) is 31.1. The summed E-state index contributed by atoms with van der Waals surface area (Å²) in [5.41, 5.74) is 0.481. The smallest absolute Gasteiger partial charge is 0.437 e. The van der Waals surface area contributed by atoms with Crippen molar-refractivity contribution in [3.05, 3.63) is 35.7 Å². The van der Waals surface area contributed by atoms with Gasteiger partial charge in [-0.25, -0.2) is 14.5 Å². The Kier molecular flexibility index (Phi) is 10.3. The number of aromatic nitrogens is 2. The van der Waals surface area contributed by atoms with Crippen LogP contribution in [-0.2, 0) is 11.2 Å². The van der Waals surface area contributed by atoms with Gasteiger partial charge >= 0.3 is 12.2 Å². The van der Waals surface area contributed by atoms with E-state index in [1.807, 2.05) is 12.1 Å². The van der Waals surface area contributed by atoms with Crippen molar-refractivity contribution in [2.45, 2.75) is 117 Å². The molecular formula is C30H45N5O5. The van der Waals surface area contributed by atoms with Crippen LogP contribution in [0.1, 0.15) is 111 Å². The number of carbonyl (C=O) groups excluding carboxylic acids is 1. The van der Waals surface area contributed by atoms with Crippen molar-refractivity contribution in [3.63, 3.8) is 0 Å². The molecule has 220 valence electrons. The summed E-state index contributed by atoms with van der Waals surface area (Å²) in [6.45, 7) is 13.1. The van der Waals surface area contributed by atoms with Crippen LogP contribution < -0.4 is 0 Å². The lowest BCUT2D eigenvalue weighted by Crippen LogP contribution is -2.59. The summed E-state index contributed by atoms with van der Waals surface area (Å²) in [7, 11) is 0. The topological polar surface area (TPSA) is 121 Å². The summed E-state index contributed by atoms with van der Waals surface area (Å²) >= 11 is 0. The van der Waals surface area contributed by atoms with Gasteiger partial charge in [0.2, 0.25) is 17.7 Å². The van der Waals surface area contributed by atoms with E-state index >= 15 is 0 Å². The van der Waals surface area contributed by atoms with Gasteiger partial charge in [-0.15, -0.1) is 4.99 Å². The third-order valence-corrected chi connectivity index (χ3v) is 6.68. The quantitative estimate of drug-likeness (QED) is 0.192. The van der Waals surface area contributed by atoms with Crippen molar-refractivity contribution in [3.8, 4) is 11.4 Å². The summed E-state index contributed by atoms with van der Waals surface area (Å²) in [5.74, 6) is 0.780. The summed E-state index contributed by atoms with van der Waals surface area (Å²) < 4.78 is 11.0. The van der Waals surface area contributed by atoms with Gasteiger partial charge in [-0.2, -0.15) is 4.98 Å². The number of nitrogens with zero attached hydrogens (tertiary/aromatic N) is 5. The first-order valence-electron chi connectivity index (χ1n) is 14.3. The first-order valence-corrected chi connectivity index (χ1v) is 14.3. The van der Waals surface area contributed by atoms with Gasteiger partial charge in [0.05, 0.1) is 0 Å². The zero-order valence-corrected chi connectivity index (χ0v) is 25.1. The second kappa shape index (κ2) is 13.3. The highest BCUT2D eigenvalue weighted by molar-refractivity contribution is 5.99. The largest absolute Gasteiger partial charge is 0.465 e. The molecule has 3 rings (SSSR count). The molecule has 1 unspecified atom stereocenters. The number of rotatable bonds is 9. The Morgan fingerprint density at radius 1 is 1.07 bits per heavy atom. The Morgan fingerprint density at radius 2 is 1.73 bits per heavy atom. The highest BCUT2D eigenvalue weighted by Gasteiger charge is 2.43. The maximum atomic E-state index is 12.6. The van der Waals surface area contributed by atoms with Crippen LogP contribution in [0.4, 0.5) is 9.59 Å². The predicted molar refractivity (Wildman–Crippen MR) is 154 cm³/mol. The number of likely N-dealkylation sites (tertiary alicyclic amines) is 1. The molecule has 1 N–H and O–H groups in total. The lowest BCUT2D eigenvalue weighted by Gasteiger charge is -2.45. The van der Waals surface area contributed by atoms with Gasteiger partial charge in [-0.3, -0.25) is 0 Å². The van der Waals surface area contributed by atoms with Crippen LogP contribution in [0.15, 0.2) is 33.8 Å². The normalized spacial score (nSPS) is 16.0. The fourth-order valence-corrected chi connectivity index (χ4v) is 4.58. The predicted octanol–water partition coefficient (Wildman–Crippen LogP) is 7.46. The minimum Gasteiger partial charge on any atom is -0.465 e. The van der Waals surface area contributed by atoms with Crippen molar-refractivity contribution in [1.82, 2.24) is 19.9 Å². The van der Waals surface area contributed by atoms with Gasteiger partial charge in [0, 0.05) is 17.6 Å². The molecule has 1 aliphatic rings. The maximum absolute atomic E-state index is 12.6. The molecule has 0 aliphatic carbocycles. The fraction of sp³-hybridized carbons (Fsp3) is 0.633. The number of benzene rings is 1. The number of amides is 2. The van der Waals surface area contributed by atoms with E-state index in [0.717, 1.165) is 16.9 Å². The van der Waals surface area contributed by atoms with E-state index in [2.05, 4.69) is 34.2 Å². The number of aliphatic imine (C=N–C) groups is 1. The van der Waals surface area contributed by atoms with Crippen LogP contribution in [0, 0.1) is 0 Å². The van der Waals surface area contributed by atoms with E-state index < -0.39 is 29.4 Å². The van der Waals surface area contributed by atoms with Crippen molar-refractivity contribution >= 4 is 18.1 Å². The Hall–Kier alpha value is -3.43. The number of aryl methyl sites for hydroxylation is 1. The van der Waals surface area contributed by atoms with Gasteiger partial charge in [0.15, 0.2) is 0 Å². The van der Waals surface area contributed by atoms with Crippen LogP contribution in [-0.4, -0.2) is 60.9 Å². The number of hydrogen-bond donors (Lipinski definition) is 1. The molecule has 2 heterocycles. The van der Waals surface area contributed by atoms with Crippen LogP contribution in [0.2, 0.25) is 0 Å².